The fourth-order valence-electron chi connectivity index (χ4n) is 0.529. The number of oxime groups is 1. The van der Waals surface area contributed by atoms with E-state index in [1.54, 1.807) is 0 Å². The predicted octanol–water partition coefficient (Wildman–Crippen LogP) is 0.236. The minimum absolute atomic E-state index is 0.350. The molecule has 0 amide bonds. The Labute approximate surface area is 52.1 Å². The minimum atomic E-state index is -1.11. The molecule has 1 aliphatic heterocycles. The molecule has 0 bridgehead atoms. The van der Waals surface area contributed by atoms with E-state index >= 15 is 0 Å². The van der Waals surface area contributed by atoms with Crippen molar-refractivity contribution in [3.63, 3.8) is 0 Å². The number of nitrogens with zero attached hydrogens (tertiary/aromatic N) is 1. The van der Waals surface area contributed by atoms with Crippen LogP contribution in [0.5, 0.6) is 0 Å². The van der Waals surface area contributed by atoms with Crippen LogP contribution in [0.4, 0.5) is 0 Å². The largest absolute Gasteiger partial charge is 0.478 e. The second-order valence-electron chi connectivity index (χ2n) is 2.12. The lowest BCUT2D eigenvalue weighted by Gasteiger charge is -2.13. The van der Waals surface area contributed by atoms with Gasteiger partial charge in [0.1, 0.15) is 0 Å². The summed E-state index contributed by atoms with van der Waals surface area (Å²) in [4.78, 5) is 14.9. The average Bonchev–Trinajstić information content (AvgIpc) is 2.16. The summed E-state index contributed by atoms with van der Waals surface area (Å²) in [5.74, 6) is -0.972. The standard InChI is InChI=1S/C5H7NO3/c1-5(4(7)8)2-3-6-9-5/h3H,2H2,1H3,(H,7,8). The first kappa shape index (κ1) is 6.07. The molecule has 4 nitrogen and oxygen atoms in total. The molecule has 1 rings (SSSR count). The van der Waals surface area contributed by atoms with Crippen LogP contribution >= 0.6 is 0 Å². The highest BCUT2D eigenvalue weighted by Gasteiger charge is 2.37. The van der Waals surface area contributed by atoms with Crippen molar-refractivity contribution in [3.05, 3.63) is 0 Å². The molecule has 9 heavy (non-hydrogen) atoms. The Bertz CT molecular complexity index is 156. The molecule has 1 N–H and O–H groups in total. The smallest absolute Gasteiger partial charge is 0.351 e. The summed E-state index contributed by atoms with van der Waals surface area (Å²) in [6, 6.07) is 0. The van der Waals surface area contributed by atoms with E-state index in [4.69, 9.17) is 5.11 Å². The number of aliphatic carboxylic acids is 1. The van der Waals surface area contributed by atoms with Gasteiger partial charge >= 0.3 is 5.97 Å². The Balaban J connectivity index is 2.66. The van der Waals surface area contributed by atoms with Gasteiger partial charge in [0.2, 0.25) is 5.60 Å². The van der Waals surface area contributed by atoms with Crippen LogP contribution in [0.1, 0.15) is 13.3 Å². The molecule has 1 unspecified atom stereocenters. The number of carbonyl (C=O) groups is 1. The predicted molar refractivity (Wildman–Crippen MR) is 30.2 cm³/mol. The molecular weight excluding hydrogens is 122 g/mol. The van der Waals surface area contributed by atoms with E-state index in [0.29, 0.717) is 6.42 Å². The molecule has 0 aromatic heterocycles. The first-order chi connectivity index (χ1) is 4.15. The van der Waals surface area contributed by atoms with Gasteiger partial charge < -0.3 is 9.94 Å². The number of hydrogen-bond donors (Lipinski definition) is 1. The van der Waals surface area contributed by atoms with Gasteiger partial charge in [-0.1, -0.05) is 5.16 Å². The maximum absolute atomic E-state index is 10.3. The Morgan fingerprint density at radius 2 is 2.67 bits per heavy atom. The van der Waals surface area contributed by atoms with Crippen LogP contribution in [0.2, 0.25) is 0 Å². The number of hydrogen-bond acceptors (Lipinski definition) is 3. The number of carboxylic acids is 1. The number of carboxylic acid groups (broad SMARTS) is 1. The average molecular weight is 129 g/mol. The highest BCUT2D eigenvalue weighted by Crippen LogP contribution is 2.19. The Kier molecular flexibility index (Phi) is 1.16. The van der Waals surface area contributed by atoms with E-state index in [1.165, 1.54) is 13.1 Å². The fourth-order valence-corrected chi connectivity index (χ4v) is 0.529. The van der Waals surface area contributed by atoms with Crippen LogP contribution in [-0.2, 0) is 9.63 Å². The second-order valence-corrected chi connectivity index (χ2v) is 2.12. The summed E-state index contributed by atoms with van der Waals surface area (Å²) >= 11 is 0. The number of rotatable bonds is 1. The highest BCUT2D eigenvalue weighted by molar-refractivity contribution is 5.82. The SMILES string of the molecule is CC1(C(=O)O)CC=NO1. The van der Waals surface area contributed by atoms with Crippen molar-refractivity contribution in [1.29, 1.82) is 0 Å². The second kappa shape index (κ2) is 1.72. The van der Waals surface area contributed by atoms with E-state index in [9.17, 15) is 4.79 Å². The summed E-state index contributed by atoms with van der Waals surface area (Å²) in [6.07, 6.45) is 1.80. The van der Waals surface area contributed by atoms with Crippen molar-refractivity contribution >= 4 is 12.2 Å². The molecule has 1 heterocycles. The third-order valence-electron chi connectivity index (χ3n) is 1.26. The molecular formula is C5H7NO3. The van der Waals surface area contributed by atoms with E-state index in [0.717, 1.165) is 0 Å². The molecule has 0 saturated carbocycles. The highest BCUT2D eigenvalue weighted by atomic mass is 16.7. The van der Waals surface area contributed by atoms with Gasteiger partial charge in [0.15, 0.2) is 0 Å². The molecule has 0 aliphatic carbocycles. The van der Waals surface area contributed by atoms with Crippen LogP contribution in [-0.4, -0.2) is 22.9 Å². The van der Waals surface area contributed by atoms with Crippen molar-refractivity contribution in [2.75, 3.05) is 0 Å². The molecule has 50 valence electrons. The minimum Gasteiger partial charge on any atom is -0.478 e. The zero-order chi connectivity index (χ0) is 6.91. The molecule has 0 saturated heterocycles. The van der Waals surface area contributed by atoms with E-state index in [-0.39, 0.29) is 0 Å². The van der Waals surface area contributed by atoms with Crippen molar-refractivity contribution in [3.8, 4) is 0 Å². The van der Waals surface area contributed by atoms with Crippen molar-refractivity contribution in [1.82, 2.24) is 0 Å². The maximum atomic E-state index is 10.3. The van der Waals surface area contributed by atoms with Crippen molar-refractivity contribution in [2.24, 2.45) is 5.16 Å². The summed E-state index contributed by atoms with van der Waals surface area (Å²) < 4.78 is 0. The van der Waals surface area contributed by atoms with Crippen LogP contribution < -0.4 is 0 Å². The maximum Gasteiger partial charge on any atom is 0.351 e. The van der Waals surface area contributed by atoms with Crippen LogP contribution in [0.3, 0.4) is 0 Å². The summed E-state index contributed by atoms with van der Waals surface area (Å²) in [5.41, 5.74) is -1.11. The zero-order valence-electron chi connectivity index (χ0n) is 5.00. The van der Waals surface area contributed by atoms with E-state index in [1.807, 2.05) is 0 Å². The lowest BCUT2D eigenvalue weighted by atomic mass is 10.1. The normalized spacial score (nSPS) is 32.1. The van der Waals surface area contributed by atoms with Gasteiger partial charge in [0.05, 0.1) is 0 Å². The quantitative estimate of drug-likeness (QED) is 0.551. The van der Waals surface area contributed by atoms with Gasteiger partial charge in [0.25, 0.3) is 0 Å². The van der Waals surface area contributed by atoms with E-state index < -0.39 is 11.6 Å². The van der Waals surface area contributed by atoms with Crippen LogP contribution in [0, 0.1) is 0 Å². The Hall–Kier alpha value is -1.06. The van der Waals surface area contributed by atoms with Gasteiger partial charge in [-0.15, -0.1) is 0 Å². The van der Waals surface area contributed by atoms with E-state index in [2.05, 4.69) is 9.99 Å². The zero-order valence-corrected chi connectivity index (χ0v) is 5.00. The van der Waals surface area contributed by atoms with Gasteiger partial charge in [-0.05, 0) is 6.92 Å². The molecule has 1 aliphatic rings. The lowest BCUT2D eigenvalue weighted by molar-refractivity contribution is -0.160. The van der Waals surface area contributed by atoms with Gasteiger partial charge in [-0.25, -0.2) is 4.79 Å². The van der Waals surface area contributed by atoms with Crippen molar-refractivity contribution in [2.45, 2.75) is 18.9 Å². The summed E-state index contributed by atoms with van der Waals surface area (Å²) in [6.45, 7) is 1.49. The molecule has 1 atom stereocenters. The van der Waals surface area contributed by atoms with Crippen molar-refractivity contribution < 1.29 is 14.7 Å². The van der Waals surface area contributed by atoms with Crippen LogP contribution in [0.25, 0.3) is 0 Å². The third-order valence-corrected chi connectivity index (χ3v) is 1.26. The Morgan fingerprint density at radius 3 is 2.89 bits per heavy atom. The van der Waals surface area contributed by atoms with Gasteiger partial charge in [-0.3, -0.25) is 0 Å². The Morgan fingerprint density at radius 1 is 2.00 bits per heavy atom. The van der Waals surface area contributed by atoms with Gasteiger partial charge in [0, 0.05) is 12.6 Å². The van der Waals surface area contributed by atoms with Crippen LogP contribution in [0.15, 0.2) is 5.16 Å². The molecule has 4 heteroatoms. The molecule has 0 aromatic carbocycles. The third kappa shape index (κ3) is 0.872. The summed E-state index contributed by atoms with van der Waals surface area (Å²) in [5, 5.41) is 11.8. The monoisotopic (exact) mass is 129 g/mol. The molecule has 0 aromatic rings. The first-order valence-electron chi connectivity index (χ1n) is 2.58. The lowest BCUT2D eigenvalue weighted by Crippen LogP contribution is -2.34. The first-order valence-corrected chi connectivity index (χ1v) is 2.58. The topological polar surface area (TPSA) is 58.9 Å². The molecule has 0 fully saturated rings. The summed E-state index contributed by atoms with van der Waals surface area (Å²) in [7, 11) is 0. The van der Waals surface area contributed by atoms with Gasteiger partial charge in [-0.2, -0.15) is 0 Å². The fraction of sp³-hybridized carbons (Fsp3) is 0.600. The molecule has 0 radical (unpaired) electrons. The molecule has 0 spiro atoms.